The van der Waals surface area contributed by atoms with Gasteiger partial charge in [-0.15, -0.1) is 0 Å². The molecule has 0 bridgehead atoms. The number of amides is 2. The second kappa shape index (κ2) is 6.59. The molecule has 7 heteroatoms. The Morgan fingerprint density at radius 2 is 1.88 bits per heavy atom. The number of nitrogens with zero attached hydrogens (tertiary/aromatic N) is 1. The Bertz CT molecular complexity index is 867. The van der Waals surface area contributed by atoms with E-state index in [1.165, 1.54) is 6.07 Å². The molecule has 1 unspecified atom stereocenters. The summed E-state index contributed by atoms with van der Waals surface area (Å²) in [4.78, 5) is 26.5. The lowest BCUT2D eigenvalue weighted by molar-refractivity contribution is -0.122. The molecule has 0 aliphatic carbocycles. The molecular weight excluding hydrogens is 336 g/mol. The highest BCUT2D eigenvalue weighted by Crippen LogP contribution is 2.36. The normalized spacial score (nSPS) is 18.7. The fraction of sp³-hybridized carbons (Fsp3) is 0.263. The van der Waals surface area contributed by atoms with Crippen LogP contribution in [0.3, 0.4) is 0 Å². The topological polar surface area (TPSA) is 88.1 Å². The zero-order valence-corrected chi connectivity index (χ0v) is 14.0. The summed E-state index contributed by atoms with van der Waals surface area (Å²) >= 11 is 0. The molecule has 1 atom stereocenters. The first-order chi connectivity index (χ1) is 12.6. The third kappa shape index (κ3) is 3.03. The van der Waals surface area contributed by atoms with Crippen LogP contribution in [0, 0.1) is 5.92 Å². The number of benzene rings is 2. The summed E-state index contributed by atoms with van der Waals surface area (Å²) in [5.41, 5.74) is 1.01. The first kappa shape index (κ1) is 16.3. The minimum absolute atomic E-state index is 0.00568. The maximum Gasteiger partial charge on any atom is 0.229 e. The number of nitrogens with one attached hydrogen (secondary N) is 1. The van der Waals surface area contributed by atoms with Crippen LogP contribution < -0.4 is 19.7 Å². The number of fused-ring (bicyclic) bond motifs is 1. The van der Waals surface area contributed by atoms with Gasteiger partial charge < -0.3 is 24.8 Å². The summed E-state index contributed by atoms with van der Waals surface area (Å²) in [5.74, 6) is 0.340. The maximum atomic E-state index is 12.5. The maximum absolute atomic E-state index is 12.5. The molecule has 134 valence electrons. The van der Waals surface area contributed by atoms with E-state index in [2.05, 4.69) is 5.32 Å². The van der Waals surface area contributed by atoms with Crippen LogP contribution in [0.2, 0.25) is 0 Å². The Hall–Kier alpha value is -3.22. The SMILES string of the molecule is O=C(Nc1ccccc1O)C1CC(=O)N(c2ccc3c(c2)OCCO3)C1. The van der Waals surface area contributed by atoms with Crippen LogP contribution in [0.5, 0.6) is 17.2 Å². The lowest BCUT2D eigenvalue weighted by Crippen LogP contribution is -2.28. The average Bonchev–Trinajstić information content (AvgIpc) is 3.05. The Balaban J connectivity index is 1.48. The minimum atomic E-state index is -0.490. The van der Waals surface area contributed by atoms with Gasteiger partial charge in [0, 0.05) is 24.7 Å². The lowest BCUT2D eigenvalue weighted by Gasteiger charge is -2.22. The quantitative estimate of drug-likeness (QED) is 0.825. The van der Waals surface area contributed by atoms with E-state index < -0.39 is 5.92 Å². The van der Waals surface area contributed by atoms with E-state index >= 15 is 0 Å². The van der Waals surface area contributed by atoms with Crippen molar-refractivity contribution in [1.29, 1.82) is 0 Å². The monoisotopic (exact) mass is 354 g/mol. The van der Waals surface area contributed by atoms with Crippen molar-refractivity contribution in [2.24, 2.45) is 5.92 Å². The predicted octanol–water partition coefficient (Wildman–Crippen LogP) is 2.16. The van der Waals surface area contributed by atoms with Crippen molar-refractivity contribution in [3.8, 4) is 17.2 Å². The average molecular weight is 354 g/mol. The summed E-state index contributed by atoms with van der Waals surface area (Å²) in [6.45, 7) is 1.25. The van der Waals surface area contributed by atoms with Crippen LogP contribution >= 0.6 is 0 Å². The van der Waals surface area contributed by atoms with Gasteiger partial charge in [0.05, 0.1) is 11.6 Å². The molecule has 4 rings (SSSR count). The number of phenolic OH excluding ortho intramolecular Hbond substituents is 1. The Kier molecular flexibility index (Phi) is 4.12. The lowest BCUT2D eigenvalue weighted by atomic mass is 10.1. The van der Waals surface area contributed by atoms with Gasteiger partial charge in [-0.3, -0.25) is 9.59 Å². The Morgan fingerprint density at radius 1 is 1.12 bits per heavy atom. The van der Waals surface area contributed by atoms with Crippen molar-refractivity contribution < 1.29 is 24.2 Å². The molecule has 0 saturated carbocycles. The van der Waals surface area contributed by atoms with Crippen LogP contribution in [-0.4, -0.2) is 36.7 Å². The summed E-state index contributed by atoms with van der Waals surface area (Å²) in [6, 6.07) is 11.8. The second-order valence-corrected chi connectivity index (χ2v) is 6.24. The van der Waals surface area contributed by atoms with E-state index in [1.54, 1.807) is 41.3 Å². The molecule has 1 fully saturated rings. The van der Waals surface area contributed by atoms with E-state index in [9.17, 15) is 14.7 Å². The summed E-state index contributed by atoms with van der Waals surface area (Å²) in [6.07, 6.45) is 0.119. The number of rotatable bonds is 3. The molecule has 2 aromatic rings. The largest absolute Gasteiger partial charge is 0.506 e. The van der Waals surface area contributed by atoms with Crippen LogP contribution in [0.4, 0.5) is 11.4 Å². The number of carbonyl (C=O) groups is 2. The first-order valence-corrected chi connectivity index (χ1v) is 8.41. The van der Waals surface area contributed by atoms with Gasteiger partial charge in [-0.2, -0.15) is 0 Å². The van der Waals surface area contributed by atoms with Crippen molar-refractivity contribution >= 4 is 23.2 Å². The van der Waals surface area contributed by atoms with E-state index in [-0.39, 0.29) is 30.5 Å². The van der Waals surface area contributed by atoms with E-state index in [4.69, 9.17) is 9.47 Å². The van der Waals surface area contributed by atoms with Gasteiger partial charge in [0.1, 0.15) is 19.0 Å². The fourth-order valence-corrected chi connectivity index (χ4v) is 3.15. The highest BCUT2D eigenvalue weighted by Gasteiger charge is 2.35. The van der Waals surface area contributed by atoms with Crippen molar-refractivity contribution in [1.82, 2.24) is 0 Å². The number of para-hydroxylation sites is 2. The predicted molar refractivity (Wildman–Crippen MR) is 94.6 cm³/mol. The molecule has 7 nitrogen and oxygen atoms in total. The third-order valence-corrected chi connectivity index (χ3v) is 4.50. The molecule has 2 aromatic carbocycles. The molecule has 0 aromatic heterocycles. The zero-order chi connectivity index (χ0) is 18.1. The number of phenols is 1. The van der Waals surface area contributed by atoms with Crippen molar-refractivity contribution in [3.05, 3.63) is 42.5 Å². The van der Waals surface area contributed by atoms with Crippen LogP contribution in [0.1, 0.15) is 6.42 Å². The fourth-order valence-electron chi connectivity index (χ4n) is 3.15. The molecule has 2 aliphatic rings. The Morgan fingerprint density at radius 3 is 2.69 bits per heavy atom. The number of hydrogen-bond acceptors (Lipinski definition) is 5. The highest BCUT2D eigenvalue weighted by atomic mass is 16.6. The molecule has 0 radical (unpaired) electrons. The number of anilines is 2. The molecule has 26 heavy (non-hydrogen) atoms. The van der Waals surface area contributed by atoms with Gasteiger partial charge >= 0.3 is 0 Å². The van der Waals surface area contributed by atoms with E-state index in [0.29, 0.717) is 36.1 Å². The number of aromatic hydroxyl groups is 1. The van der Waals surface area contributed by atoms with Crippen LogP contribution in [0.25, 0.3) is 0 Å². The van der Waals surface area contributed by atoms with Gasteiger partial charge in [-0.1, -0.05) is 12.1 Å². The summed E-state index contributed by atoms with van der Waals surface area (Å²) in [5, 5.41) is 12.5. The third-order valence-electron chi connectivity index (χ3n) is 4.50. The van der Waals surface area contributed by atoms with Gasteiger partial charge in [0.25, 0.3) is 0 Å². The van der Waals surface area contributed by atoms with Crippen molar-refractivity contribution in [3.63, 3.8) is 0 Å². The molecule has 0 spiro atoms. The van der Waals surface area contributed by atoms with Crippen molar-refractivity contribution in [2.45, 2.75) is 6.42 Å². The standard InChI is InChI=1S/C19H18N2O5/c22-15-4-2-1-3-14(15)20-19(24)12-9-18(23)21(11-12)13-5-6-16-17(10-13)26-8-7-25-16/h1-6,10,12,22H,7-9,11H2,(H,20,24). The first-order valence-electron chi connectivity index (χ1n) is 8.41. The smallest absolute Gasteiger partial charge is 0.229 e. The zero-order valence-electron chi connectivity index (χ0n) is 14.0. The number of carbonyl (C=O) groups excluding carboxylic acids is 2. The van der Waals surface area contributed by atoms with Gasteiger partial charge in [0.15, 0.2) is 11.5 Å². The molecule has 1 saturated heterocycles. The van der Waals surface area contributed by atoms with E-state index in [0.717, 1.165) is 0 Å². The highest BCUT2D eigenvalue weighted by molar-refractivity contribution is 6.04. The van der Waals surface area contributed by atoms with Crippen LogP contribution in [-0.2, 0) is 9.59 Å². The second-order valence-electron chi connectivity index (χ2n) is 6.24. The number of hydrogen-bond donors (Lipinski definition) is 2. The number of ether oxygens (including phenoxy) is 2. The van der Waals surface area contributed by atoms with E-state index in [1.807, 2.05) is 0 Å². The van der Waals surface area contributed by atoms with Crippen molar-refractivity contribution in [2.75, 3.05) is 30.0 Å². The van der Waals surface area contributed by atoms with Gasteiger partial charge in [-0.05, 0) is 24.3 Å². The van der Waals surface area contributed by atoms with Gasteiger partial charge in [0.2, 0.25) is 11.8 Å². The Labute approximate surface area is 150 Å². The molecule has 2 amide bonds. The minimum Gasteiger partial charge on any atom is -0.506 e. The molecule has 2 N–H and O–H groups in total. The summed E-state index contributed by atoms with van der Waals surface area (Å²) < 4.78 is 11.0. The van der Waals surface area contributed by atoms with Gasteiger partial charge in [-0.25, -0.2) is 0 Å². The molecule has 2 heterocycles. The van der Waals surface area contributed by atoms with Crippen LogP contribution in [0.15, 0.2) is 42.5 Å². The summed E-state index contributed by atoms with van der Waals surface area (Å²) in [7, 11) is 0. The molecular formula is C19H18N2O5. The molecule has 2 aliphatic heterocycles.